The first-order chi connectivity index (χ1) is 10.8. The molecule has 4 rings (SSSR count). The molecule has 1 aromatic heterocycles. The summed E-state index contributed by atoms with van der Waals surface area (Å²) in [6, 6.07) is 15.6. The molecular weight excluding hydrogens is 276 g/mol. The summed E-state index contributed by atoms with van der Waals surface area (Å²) < 4.78 is 0. The third-order valence-corrected chi connectivity index (χ3v) is 3.97. The second kappa shape index (κ2) is 5.18. The van der Waals surface area contributed by atoms with Gasteiger partial charge in [-0.25, -0.2) is 4.98 Å². The lowest BCUT2D eigenvalue weighted by molar-refractivity contribution is 0.0721. The molecule has 0 bridgehead atoms. The largest absolute Gasteiger partial charge is 0.331 e. The van der Waals surface area contributed by atoms with Crippen molar-refractivity contribution in [2.45, 2.75) is 13.0 Å². The van der Waals surface area contributed by atoms with Gasteiger partial charge < -0.3 is 4.90 Å². The fourth-order valence-electron chi connectivity index (χ4n) is 2.78. The molecule has 1 amide bonds. The number of amides is 1. The van der Waals surface area contributed by atoms with Gasteiger partial charge in [-0.3, -0.25) is 4.79 Å². The number of para-hydroxylation sites is 1. The number of aromatic nitrogens is 3. The van der Waals surface area contributed by atoms with Crippen molar-refractivity contribution in [1.82, 2.24) is 20.1 Å². The standard InChI is InChI=1S/C17H14N4O/c22-17(16-18-14-7-3-4-8-15(14)19-20-16)21-10-9-12-5-1-2-6-13(12)11-21/h1-8H,9-11H2. The van der Waals surface area contributed by atoms with Crippen LogP contribution in [0.1, 0.15) is 21.7 Å². The third-order valence-electron chi connectivity index (χ3n) is 3.97. The zero-order valence-corrected chi connectivity index (χ0v) is 11.9. The third kappa shape index (κ3) is 2.20. The molecule has 0 saturated carbocycles. The lowest BCUT2D eigenvalue weighted by atomic mass is 10.00. The first-order valence-electron chi connectivity index (χ1n) is 7.27. The van der Waals surface area contributed by atoms with E-state index >= 15 is 0 Å². The summed E-state index contributed by atoms with van der Waals surface area (Å²) in [5.74, 6) is 0.00540. The smallest absolute Gasteiger partial charge is 0.293 e. The van der Waals surface area contributed by atoms with Gasteiger partial charge in [-0.05, 0) is 29.7 Å². The Morgan fingerprint density at radius 3 is 2.50 bits per heavy atom. The van der Waals surface area contributed by atoms with Gasteiger partial charge in [0.15, 0.2) is 0 Å². The quantitative estimate of drug-likeness (QED) is 0.689. The van der Waals surface area contributed by atoms with Gasteiger partial charge in [0.1, 0.15) is 5.52 Å². The van der Waals surface area contributed by atoms with E-state index in [-0.39, 0.29) is 11.7 Å². The average molecular weight is 290 g/mol. The predicted octanol–water partition coefficient (Wildman–Crippen LogP) is 2.22. The Hall–Kier alpha value is -2.82. The molecule has 3 aromatic rings. The average Bonchev–Trinajstić information content (AvgIpc) is 2.60. The summed E-state index contributed by atoms with van der Waals surface area (Å²) in [4.78, 5) is 18.7. The normalized spacial score (nSPS) is 13.9. The van der Waals surface area contributed by atoms with Crippen LogP contribution in [-0.2, 0) is 13.0 Å². The Morgan fingerprint density at radius 2 is 1.64 bits per heavy atom. The molecule has 5 nitrogen and oxygen atoms in total. The molecule has 0 N–H and O–H groups in total. The van der Waals surface area contributed by atoms with E-state index in [9.17, 15) is 4.79 Å². The van der Waals surface area contributed by atoms with Crippen LogP contribution in [0.2, 0.25) is 0 Å². The van der Waals surface area contributed by atoms with Crippen LogP contribution >= 0.6 is 0 Å². The topological polar surface area (TPSA) is 59.0 Å². The molecule has 1 aliphatic rings. The molecule has 108 valence electrons. The summed E-state index contributed by atoms with van der Waals surface area (Å²) in [5.41, 5.74) is 3.89. The van der Waals surface area contributed by atoms with Gasteiger partial charge in [-0.1, -0.05) is 36.4 Å². The number of rotatable bonds is 1. The minimum absolute atomic E-state index is 0.159. The van der Waals surface area contributed by atoms with E-state index in [2.05, 4.69) is 27.3 Å². The van der Waals surface area contributed by atoms with Crippen LogP contribution in [0.3, 0.4) is 0 Å². The number of fused-ring (bicyclic) bond motifs is 2. The van der Waals surface area contributed by atoms with Crippen molar-refractivity contribution >= 4 is 16.9 Å². The fraction of sp³-hybridized carbons (Fsp3) is 0.176. The summed E-state index contributed by atoms with van der Waals surface area (Å²) in [5, 5.41) is 8.07. The molecule has 0 radical (unpaired) electrons. The van der Waals surface area contributed by atoms with E-state index in [1.165, 1.54) is 11.1 Å². The van der Waals surface area contributed by atoms with Crippen molar-refractivity contribution in [1.29, 1.82) is 0 Å². The van der Waals surface area contributed by atoms with Crippen LogP contribution in [0, 0.1) is 0 Å². The molecule has 5 heteroatoms. The minimum Gasteiger partial charge on any atom is -0.331 e. The highest BCUT2D eigenvalue weighted by Crippen LogP contribution is 2.19. The van der Waals surface area contributed by atoms with Gasteiger partial charge >= 0.3 is 0 Å². The van der Waals surface area contributed by atoms with E-state index in [1.54, 1.807) is 4.90 Å². The van der Waals surface area contributed by atoms with Crippen LogP contribution in [-0.4, -0.2) is 32.5 Å². The van der Waals surface area contributed by atoms with Crippen molar-refractivity contribution in [3.63, 3.8) is 0 Å². The lowest BCUT2D eigenvalue weighted by Gasteiger charge is -2.28. The summed E-state index contributed by atoms with van der Waals surface area (Å²) in [7, 11) is 0. The molecule has 0 fully saturated rings. The summed E-state index contributed by atoms with van der Waals surface area (Å²) in [6.45, 7) is 1.29. The fourth-order valence-corrected chi connectivity index (χ4v) is 2.78. The highest BCUT2D eigenvalue weighted by atomic mass is 16.2. The SMILES string of the molecule is O=C(c1nnc2ccccc2n1)N1CCc2ccccc2C1. The molecule has 2 aromatic carbocycles. The maximum absolute atomic E-state index is 12.6. The van der Waals surface area contributed by atoms with E-state index in [1.807, 2.05) is 36.4 Å². The zero-order chi connectivity index (χ0) is 14.9. The number of hydrogen-bond donors (Lipinski definition) is 0. The Balaban J connectivity index is 1.64. The van der Waals surface area contributed by atoms with Crippen LogP contribution in [0.15, 0.2) is 48.5 Å². The Morgan fingerprint density at radius 1 is 0.909 bits per heavy atom. The van der Waals surface area contributed by atoms with Gasteiger partial charge in [0.2, 0.25) is 5.82 Å². The molecule has 2 heterocycles. The monoisotopic (exact) mass is 290 g/mol. The van der Waals surface area contributed by atoms with Crippen molar-refractivity contribution in [3.05, 3.63) is 65.5 Å². The van der Waals surface area contributed by atoms with Crippen molar-refractivity contribution in [2.75, 3.05) is 6.54 Å². The molecule has 0 atom stereocenters. The molecule has 1 aliphatic heterocycles. The number of nitrogens with zero attached hydrogens (tertiary/aromatic N) is 4. The summed E-state index contributed by atoms with van der Waals surface area (Å²) >= 11 is 0. The van der Waals surface area contributed by atoms with E-state index < -0.39 is 0 Å². The van der Waals surface area contributed by atoms with Crippen molar-refractivity contribution < 1.29 is 4.79 Å². The van der Waals surface area contributed by atoms with Gasteiger partial charge in [-0.2, -0.15) is 0 Å². The van der Waals surface area contributed by atoms with Crippen LogP contribution in [0.25, 0.3) is 11.0 Å². The van der Waals surface area contributed by atoms with Crippen LogP contribution in [0.4, 0.5) is 0 Å². The molecule has 0 spiro atoms. The van der Waals surface area contributed by atoms with E-state index in [0.29, 0.717) is 24.1 Å². The van der Waals surface area contributed by atoms with Gasteiger partial charge in [0.05, 0.1) is 5.52 Å². The van der Waals surface area contributed by atoms with Gasteiger partial charge in [0, 0.05) is 13.1 Å². The highest BCUT2D eigenvalue weighted by molar-refractivity contribution is 5.92. The number of benzene rings is 2. The molecule has 0 saturated heterocycles. The molecule has 0 unspecified atom stereocenters. The highest BCUT2D eigenvalue weighted by Gasteiger charge is 2.23. The van der Waals surface area contributed by atoms with Crippen LogP contribution < -0.4 is 0 Å². The van der Waals surface area contributed by atoms with Crippen molar-refractivity contribution in [3.8, 4) is 0 Å². The molecular formula is C17H14N4O. The lowest BCUT2D eigenvalue weighted by Crippen LogP contribution is -2.37. The maximum Gasteiger partial charge on any atom is 0.293 e. The second-order valence-corrected chi connectivity index (χ2v) is 5.37. The zero-order valence-electron chi connectivity index (χ0n) is 11.9. The first kappa shape index (κ1) is 12.9. The van der Waals surface area contributed by atoms with E-state index in [4.69, 9.17) is 0 Å². The Bertz CT molecular complexity index is 862. The molecule has 0 aliphatic carbocycles. The molecule has 22 heavy (non-hydrogen) atoms. The van der Waals surface area contributed by atoms with Crippen LogP contribution in [0.5, 0.6) is 0 Å². The number of carbonyl (C=O) groups excluding carboxylic acids is 1. The maximum atomic E-state index is 12.6. The Kier molecular flexibility index (Phi) is 3.04. The summed E-state index contributed by atoms with van der Waals surface area (Å²) in [6.07, 6.45) is 0.864. The van der Waals surface area contributed by atoms with Crippen molar-refractivity contribution in [2.24, 2.45) is 0 Å². The van der Waals surface area contributed by atoms with Gasteiger partial charge in [-0.15, -0.1) is 10.2 Å². The minimum atomic E-state index is -0.159. The number of hydrogen-bond acceptors (Lipinski definition) is 4. The predicted molar refractivity (Wildman–Crippen MR) is 82.2 cm³/mol. The first-order valence-corrected chi connectivity index (χ1v) is 7.27. The van der Waals surface area contributed by atoms with Gasteiger partial charge in [0.25, 0.3) is 5.91 Å². The number of carbonyl (C=O) groups is 1. The Labute approximate surface area is 127 Å². The van der Waals surface area contributed by atoms with E-state index in [0.717, 1.165) is 6.42 Å². The second-order valence-electron chi connectivity index (χ2n) is 5.37.